The summed E-state index contributed by atoms with van der Waals surface area (Å²) in [7, 11) is 0. The Morgan fingerprint density at radius 2 is 2.20 bits per heavy atom. The van der Waals surface area contributed by atoms with Gasteiger partial charge in [-0.3, -0.25) is 4.98 Å². The van der Waals surface area contributed by atoms with Crippen molar-refractivity contribution in [2.75, 3.05) is 11.4 Å². The fraction of sp³-hybridized carbons (Fsp3) is 0.267. The SMILES string of the molecule is Cc1nc(N(CCC#N)Cc2cccnc2)ccc1Br. The quantitative estimate of drug-likeness (QED) is 0.842. The van der Waals surface area contributed by atoms with Crippen molar-refractivity contribution in [1.29, 1.82) is 5.26 Å². The highest BCUT2D eigenvalue weighted by Gasteiger charge is 2.10. The van der Waals surface area contributed by atoms with Crippen molar-refractivity contribution in [2.24, 2.45) is 0 Å². The molecule has 0 bridgehead atoms. The molecule has 2 aromatic heterocycles. The maximum Gasteiger partial charge on any atom is 0.129 e. The molecule has 0 aliphatic rings. The molecule has 0 N–H and O–H groups in total. The Labute approximate surface area is 127 Å². The molecular weight excluding hydrogens is 316 g/mol. The summed E-state index contributed by atoms with van der Waals surface area (Å²) in [6, 6.07) is 10.1. The Morgan fingerprint density at radius 1 is 1.35 bits per heavy atom. The first-order valence-electron chi connectivity index (χ1n) is 6.34. The van der Waals surface area contributed by atoms with E-state index in [1.54, 1.807) is 6.20 Å². The van der Waals surface area contributed by atoms with Crippen LogP contribution in [-0.4, -0.2) is 16.5 Å². The number of aromatic nitrogens is 2. The zero-order valence-corrected chi connectivity index (χ0v) is 12.8. The summed E-state index contributed by atoms with van der Waals surface area (Å²) >= 11 is 3.45. The molecule has 2 rings (SSSR count). The molecule has 0 amide bonds. The molecule has 0 aliphatic carbocycles. The summed E-state index contributed by atoms with van der Waals surface area (Å²) in [6.07, 6.45) is 4.06. The molecule has 0 radical (unpaired) electrons. The van der Waals surface area contributed by atoms with Gasteiger partial charge in [-0.25, -0.2) is 4.98 Å². The third-order valence-electron chi connectivity index (χ3n) is 2.92. The molecule has 2 heterocycles. The molecule has 0 saturated carbocycles. The van der Waals surface area contributed by atoms with E-state index < -0.39 is 0 Å². The van der Waals surface area contributed by atoms with Crippen LogP contribution in [0.2, 0.25) is 0 Å². The zero-order valence-electron chi connectivity index (χ0n) is 11.3. The highest BCUT2D eigenvalue weighted by atomic mass is 79.9. The lowest BCUT2D eigenvalue weighted by molar-refractivity contribution is 0.777. The maximum atomic E-state index is 8.81. The molecule has 4 nitrogen and oxygen atoms in total. The predicted octanol–water partition coefficient (Wildman–Crippen LogP) is 3.47. The van der Waals surface area contributed by atoms with Crippen LogP contribution < -0.4 is 4.90 Å². The number of nitriles is 1. The number of nitrogens with zero attached hydrogens (tertiary/aromatic N) is 4. The molecule has 20 heavy (non-hydrogen) atoms. The first-order chi connectivity index (χ1) is 9.70. The molecular formula is C15H15BrN4. The van der Waals surface area contributed by atoms with Gasteiger partial charge in [-0.1, -0.05) is 6.07 Å². The number of anilines is 1. The second-order valence-electron chi connectivity index (χ2n) is 4.43. The Bertz CT molecular complexity index is 607. The summed E-state index contributed by atoms with van der Waals surface area (Å²) in [5.74, 6) is 0.879. The topological polar surface area (TPSA) is 52.8 Å². The normalized spacial score (nSPS) is 10.1. The minimum Gasteiger partial charge on any atom is -0.351 e. The van der Waals surface area contributed by atoms with E-state index in [9.17, 15) is 0 Å². The van der Waals surface area contributed by atoms with E-state index in [4.69, 9.17) is 5.26 Å². The third kappa shape index (κ3) is 3.78. The van der Waals surface area contributed by atoms with Gasteiger partial charge in [0.05, 0.1) is 18.2 Å². The van der Waals surface area contributed by atoms with Gasteiger partial charge in [0.1, 0.15) is 5.82 Å². The van der Waals surface area contributed by atoms with Gasteiger partial charge in [0.15, 0.2) is 0 Å². The predicted molar refractivity (Wildman–Crippen MR) is 82.2 cm³/mol. The third-order valence-corrected chi connectivity index (χ3v) is 3.76. The molecule has 0 fully saturated rings. The van der Waals surface area contributed by atoms with Crippen molar-refractivity contribution in [1.82, 2.24) is 9.97 Å². The van der Waals surface area contributed by atoms with E-state index in [-0.39, 0.29) is 0 Å². The van der Waals surface area contributed by atoms with Crippen molar-refractivity contribution < 1.29 is 0 Å². The van der Waals surface area contributed by atoms with Crippen molar-refractivity contribution in [3.05, 3.63) is 52.4 Å². The van der Waals surface area contributed by atoms with Crippen LogP contribution in [0, 0.1) is 18.3 Å². The summed E-state index contributed by atoms with van der Waals surface area (Å²) in [5.41, 5.74) is 2.04. The summed E-state index contributed by atoms with van der Waals surface area (Å²) < 4.78 is 0.989. The minimum atomic E-state index is 0.469. The van der Waals surface area contributed by atoms with Gasteiger partial charge in [-0.15, -0.1) is 0 Å². The second-order valence-corrected chi connectivity index (χ2v) is 5.28. The molecule has 5 heteroatoms. The lowest BCUT2D eigenvalue weighted by Crippen LogP contribution is -2.25. The molecule has 0 saturated heterocycles. The summed E-state index contributed by atoms with van der Waals surface area (Å²) in [5, 5.41) is 8.81. The van der Waals surface area contributed by atoms with Crippen LogP contribution in [0.5, 0.6) is 0 Å². The average Bonchev–Trinajstić information content (AvgIpc) is 2.47. The first kappa shape index (κ1) is 14.5. The van der Waals surface area contributed by atoms with Crippen molar-refractivity contribution in [3.8, 4) is 6.07 Å². The Morgan fingerprint density at radius 3 is 2.85 bits per heavy atom. The number of pyridine rings is 2. The average molecular weight is 331 g/mol. The molecule has 0 aliphatic heterocycles. The molecule has 0 spiro atoms. The molecule has 0 atom stereocenters. The molecule has 102 valence electrons. The maximum absolute atomic E-state index is 8.81. The van der Waals surface area contributed by atoms with E-state index in [1.807, 2.05) is 37.4 Å². The highest BCUT2D eigenvalue weighted by Crippen LogP contribution is 2.20. The molecule has 0 aromatic carbocycles. The van der Waals surface area contributed by atoms with Crippen LogP contribution in [0.15, 0.2) is 41.1 Å². The van der Waals surface area contributed by atoms with Crippen LogP contribution in [0.3, 0.4) is 0 Å². The highest BCUT2D eigenvalue weighted by molar-refractivity contribution is 9.10. The molecule has 0 unspecified atom stereocenters. The van der Waals surface area contributed by atoms with Gasteiger partial charge >= 0.3 is 0 Å². The lowest BCUT2D eigenvalue weighted by atomic mass is 10.2. The largest absolute Gasteiger partial charge is 0.351 e. The first-order valence-corrected chi connectivity index (χ1v) is 7.14. The van der Waals surface area contributed by atoms with Crippen LogP contribution in [-0.2, 0) is 6.54 Å². The Kier molecular flexibility index (Phi) is 5.08. The summed E-state index contributed by atoms with van der Waals surface area (Å²) in [6.45, 7) is 3.31. The number of aryl methyl sites for hydroxylation is 1. The summed E-state index contributed by atoms with van der Waals surface area (Å²) in [4.78, 5) is 10.8. The fourth-order valence-electron chi connectivity index (χ4n) is 1.88. The smallest absolute Gasteiger partial charge is 0.129 e. The van der Waals surface area contributed by atoms with Crippen molar-refractivity contribution in [3.63, 3.8) is 0 Å². The van der Waals surface area contributed by atoms with Gasteiger partial charge in [0.2, 0.25) is 0 Å². The van der Waals surface area contributed by atoms with Crippen molar-refractivity contribution >= 4 is 21.7 Å². The van der Waals surface area contributed by atoms with Gasteiger partial charge < -0.3 is 4.90 Å². The van der Waals surface area contributed by atoms with Crippen molar-refractivity contribution in [2.45, 2.75) is 19.9 Å². The second kappa shape index (κ2) is 7.01. The molecule has 2 aromatic rings. The van der Waals surface area contributed by atoms with Crippen LogP contribution >= 0.6 is 15.9 Å². The van der Waals surface area contributed by atoms with E-state index in [0.29, 0.717) is 19.5 Å². The van der Waals surface area contributed by atoms with E-state index >= 15 is 0 Å². The van der Waals surface area contributed by atoms with Gasteiger partial charge in [0.25, 0.3) is 0 Å². The van der Waals surface area contributed by atoms with Gasteiger partial charge in [0, 0.05) is 30.0 Å². The Balaban J connectivity index is 2.22. The number of rotatable bonds is 5. The monoisotopic (exact) mass is 330 g/mol. The van der Waals surface area contributed by atoms with Crippen LogP contribution in [0.4, 0.5) is 5.82 Å². The number of hydrogen-bond acceptors (Lipinski definition) is 4. The van der Waals surface area contributed by atoms with Gasteiger partial charge in [-0.05, 0) is 46.6 Å². The standard InChI is InChI=1S/C15H15BrN4/c1-12-14(16)5-6-15(19-12)20(9-3-7-17)11-13-4-2-8-18-10-13/h2,4-6,8,10H,3,9,11H2,1H3. The lowest BCUT2D eigenvalue weighted by Gasteiger charge is -2.23. The fourth-order valence-corrected chi connectivity index (χ4v) is 2.10. The van der Waals surface area contributed by atoms with E-state index in [0.717, 1.165) is 21.5 Å². The van der Waals surface area contributed by atoms with Crippen LogP contribution in [0.25, 0.3) is 0 Å². The number of halogens is 1. The Hall–Kier alpha value is -1.93. The van der Waals surface area contributed by atoms with Crippen LogP contribution in [0.1, 0.15) is 17.7 Å². The van der Waals surface area contributed by atoms with Gasteiger partial charge in [-0.2, -0.15) is 5.26 Å². The van der Waals surface area contributed by atoms with E-state index in [2.05, 4.69) is 36.9 Å². The minimum absolute atomic E-state index is 0.469. The zero-order chi connectivity index (χ0) is 14.4. The number of hydrogen-bond donors (Lipinski definition) is 0. The van der Waals surface area contributed by atoms with E-state index in [1.165, 1.54) is 0 Å².